The molecule has 1 unspecified atom stereocenters. The normalized spacial score (nSPS) is 12.6. The summed E-state index contributed by atoms with van der Waals surface area (Å²) >= 11 is 5.22. The SMILES string of the molecule is CNC(Cc1ccc(F)cc1)c1cscc1Br. The van der Waals surface area contributed by atoms with Crippen molar-refractivity contribution in [1.82, 2.24) is 5.32 Å². The van der Waals surface area contributed by atoms with E-state index in [2.05, 4.69) is 32.0 Å². The summed E-state index contributed by atoms with van der Waals surface area (Å²) in [6, 6.07) is 6.93. The minimum atomic E-state index is -0.188. The van der Waals surface area contributed by atoms with Gasteiger partial charge in [0.15, 0.2) is 0 Å². The van der Waals surface area contributed by atoms with E-state index in [1.807, 2.05) is 19.2 Å². The molecule has 0 aliphatic heterocycles. The maximum absolute atomic E-state index is 12.8. The van der Waals surface area contributed by atoms with Crippen molar-refractivity contribution in [3.8, 4) is 0 Å². The quantitative estimate of drug-likeness (QED) is 0.894. The van der Waals surface area contributed by atoms with Crippen molar-refractivity contribution < 1.29 is 4.39 Å². The molecule has 0 saturated carbocycles. The van der Waals surface area contributed by atoms with Crippen LogP contribution in [-0.2, 0) is 6.42 Å². The van der Waals surface area contributed by atoms with Crippen molar-refractivity contribution in [3.05, 3.63) is 56.4 Å². The second kappa shape index (κ2) is 5.76. The van der Waals surface area contributed by atoms with Gasteiger partial charge in [-0.2, -0.15) is 11.3 Å². The average molecular weight is 314 g/mol. The molecule has 1 heterocycles. The maximum atomic E-state index is 12.8. The number of hydrogen-bond acceptors (Lipinski definition) is 2. The fraction of sp³-hybridized carbons (Fsp3) is 0.231. The molecule has 0 saturated heterocycles. The first-order valence-corrected chi connectivity index (χ1v) is 7.07. The molecule has 2 rings (SSSR count). The molecule has 0 amide bonds. The number of likely N-dealkylation sites (N-methyl/N-ethyl adjacent to an activating group) is 1. The fourth-order valence-corrected chi connectivity index (χ4v) is 3.39. The molecule has 0 radical (unpaired) electrons. The minimum Gasteiger partial charge on any atom is -0.313 e. The third kappa shape index (κ3) is 3.15. The van der Waals surface area contributed by atoms with Crippen LogP contribution in [0.5, 0.6) is 0 Å². The first-order valence-electron chi connectivity index (χ1n) is 5.34. The van der Waals surface area contributed by atoms with Gasteiger partial charge in [-0.05, 0) is 58.0 Å². The number of halogens is 2. The lowest BCUT2D eigenvalue weighted by Gasteiger charge is -2.16. The minimum absolute atomic E-state index is 0.188. The molecule has 4 heteroatoms. The first-order chi connectivity index (χ1) is 8.20. The largest absolute Gasteiger partial charge is 0.313 e. The summed E-state index contributed by atoms with van der Waals surface area (Å²) in [6.07, 6.45) is 0.853. The van der Waals surface area contributed by atoms with Crippen LogP contribution in [0.15, 0.2) is 39.5 Å². The van der Waals surface area contributed by atoms with E-state index in [1.165, 1.54) is 17.7 Å². The monoisotopic (exact) mass is 313 g/mol. The zero-order valence-corrected chi connectivity index (χ0v) is 11.8. The van der Waals surface area contributed by atoms with Crippen molar-refractivity contribution >= 4 is 27.3 Å². The van der Waals surface area contributed by atoms with Gasteiger partial charge in [-0.25, -0.2) is 4.39 Å². The smallest absolute Gasteiger partial charge is 0.123 e. The van der Waals surface area contributed by atoms with Crippen LogP contribution < -0.4 is 5.32 Å². The van der Waals surface area contributed by atoms with Crippen LogP contribution in [0, 0.1) is 5.82 Å². The molecule has 90 valence electrons. The third-order valence-electron chi connectivity index (χ3n) is 2.72. The van der Waals surface area contributed by atoms with Crippen molar-refractivity contribution in [2.75, 3.05) is 7.05 Å². The Morgan fingerprint density at radius 2 is 2.00 bits per heavy atom. The van der Waals surface area contributed by atoms with Gasteiger partial charge in [0.2, 0.25) is 0 Å². The molecule has 0 spiro atoms. The highest BCUT2D eigenvalue weighted by Crippen LogP contribution is 2.29. The van der Waals surface area contributed by atoms with Crippen LogP contribution >= 0.6 is 27.3 Å². The maximum Gasteiger partial charge on any atom is 0.123 e. The molecule has 1 aromatic carbocycles. The molecule has 2 aromatic rings. The van der Waals surface area contributed by atoms with E-state index in [0.29, 0.717) is 0 Å². The van der Waals surface area contributed by atoms with Crippen LogP contribution in [0.1, 0.15) is 17.2 Å². The molecule has 0 aliphatic carbocycles. The lowest BCUT2D eigenvalue weighted by molar-refractivity contribution is 0.588. The molecular weight excluding hydrogens is 301 g/mol. The van der Waals surface area contributed by atoms with E-state index < -0.39 is 0 Å². The Balaban J connectivity index is 2.16. The Labute approximate surface area is 113 Å². The molecule has 1 nitrogen and oxygen atoms in total. The standard InChI is InChI=1S/C13H13BrFNS/c1-16-13(11-7-17-8-12(11)14)6-9-2-4-10(15)5-3-9/h2-5,7-8,13,16H,6H2,1H3. The van der Waals surface area contributed by atoms with E-state index in [4.69, 9.17) is 0 Å². The van der Waals surface area contributed by atoms with Crippen molar-refractivity contribution in [1.29, 1.82) is 0 Å². The predicted molar refractivity (Wildman–Crippen MR) is 73.9 cm³/mol. The highest BCUT2D eigenvalue weighted by atomic mass is 79.9. The van der Waals surface area contributed by atoms with Gasteiger partial charge in [-0.3, -0.25) is 0 Å². The number of rotatable bonds is 4. The van der Waals surface area contributed by atoms with Gasteiger partial charge in [0, 0.05) is 15.9 Å². The van der Waals surface area contributed by atoms with Gasteiger partial charge in [0.05, 0.1) is 0 Å². The number of benzene rings is 1. The summed E-state index contributed by atoms with van der Waals surface area (Å²) in [4.78, 5) is 0. The Hall–Kier alpha value is -0.710. The lowest BCUT2D eigenvalue weighted by Crippen LogP contribution is -2.18. The zero-order valence-electron chi connectivity index (χ0n) is 9.41. The van der Waals surface area contributed by atoms with E-state index in [1.54, 1.807) is 11.3 Å². The van der Waals surface area contributed by atoms with Crippen molar-refractivity contribution in [2.45, 2.75) is 12.5 Å². The second-order valence-electron chi connectivity index (χ2n) is 3.85. The molecule has 0 fully saturated rings. The Bertz CT molecular complexity index is 480. The highest BCUT2D eigenvalue weighted by molar-refractivity contribution is 9.10. The third-order valence-corrected chi connectivity index (χ3v) is 4.47. The van der Waals surface area contributed by atoms with Gasteiger partial charge in [0.1, 0.15) is 5.82 Å². The summed E-state index contributed by atoms with van der Waals surface area (Å²) in [7, 11) is 1.94. The summed E-state index contributed by atoms with van der Waals surface area (Å²) in [5, 5.41) is 7.50. The van der Waals surface area contributed by atoms with E-state index in [0.717, 1.165) is 16.5 Å². The van der Waals surface area contributed by atoms with Gasteiger partial charge in [-0.15, -0.1) is 0 Å². The predicted octanol–water partition coefficient (Wildman–Crippen LogP) is 4.15. The highest BCUT2D eigenvalue weighted by Gasteiger charge is 2.13. The van der Waals surface area contributed by atoms with Crippen LogP contribution in [0.2, 0.25) is 0 Å². The number of thiophene rings is 1. The first kappa shape index (κ1) is 12.7. The number of nitrogens with one attached hydrogen (secondary N) is 1. The van der Waals surface area contributed by atoms with Gasteiger partial charge in [-0.1, -0.05) is 12.1 Å². The van der Waals surface area contributed by atoms with Crippen molar-refractivity contribution in [3.63, 3.8) is 0 Å². The second-order valence-corrected chi connectivity index (χ2v) is 5.44. The molecule has 1 atom stereocenters. The number of hydrogen-bond donors (Lipinski definition) is 1. The van der Waals surface area contributed by atoms with E-state index in [-0.39, 0.29) is 11.9 Å². The van der Waals surface area contributed by atoms with Crippen LogP contribution in [0.3, 0.4) is 0 Å². The summed E-state index contributed by atoms with van der Waals surface area (Å²) in [5.41, 5.74) is 2.38. The van der Waals surface area contributed by atoms with Crippen molar-refractivity contribution in [2.24, 2.45) is 0 Å². The zero-order chi connectivity index (χ0) is 12.3. The summed E-state index contributed by atoms with van der Waals surface area (Å²) in [5.74, 6) is -0.188. The van der Waals surface area contributed by atoms with E-state index >= 15 is 0 Å². The molecule has 1 aromatic heterocycles. The van der Waals surface area contributed by atoms with Crippen LogP contribution in [0.25, 0.3) is 0 Å². The summed E-state index contributed by atoms with van der Waals surface area (Å²) < 4.78 is 14.0. The van der Waals surface area contributed by atoms with Gasteiger partial charge in [0.25, 0.3) is 0 Å². The Kier molecular flexibility index (Phi) is 4.31. The van der Waals surface area contributed by atoms with Gasteiger partial charge >= 0.3 is 0 Å². The average Bonchev–Trinajstić information content (AvgIpc) is 2.75. The van der Waals surface area contributed by atoms with E-state index in [9.17, 15) is 4.39 Å². The lowest BCUT2D eigenvalue weighted by atomic mass is 10.0. The summed E-state index contributed by atoms with van der Waals surface area (Å²) in [6.45, 7) is 0. The molecular formula is C13H13BrFNS. The molecule has 1 N–H and O–H groups in total. The van der Waals surface area contributed by atoms with Gasteiger partial charge < -0.3 is 5.32 Å². The molecule has 17 heavy (non-hydrogen) atoms. The Morgan fingerprint density at radius 3 is 2.53 bits per heavy atom. The Morgan fingerprint density at radius 1 is 1.29 bits per heavy atom. The molecule has 0 bridgehead atoms. The fourth-order valence-electron chi connectivity index (χ4n) is 1.76. The van der Waals surface area contributed by atoms with Crippen LogP contribution in [0.4, 0.5) is 4.39 Å². The molecule has 0 aliphatic rings. The van der Waals surface area contributed by atoms with Crippen LogP contribution in [-0.4, -0.2) is 7.05 Å². The topological polar surface area (TPSA) is 12.0 Å².